The van der Waals surface area contributed by atoms with Crippen LogP contribution in [0, 0.1) is 11.8 Å². The van der Waals surface area contributed by atoms with Crippen molar-refractivity contribution in [3.8, 4) is 0 Å². The lowest BCUT2D eigenvalue weighted by Crippen LogP contribution is -2.37. The molecule has 1 unspecified atom stereocenters. The monoisotopic (exact) mass is 216 g/mol. The van der Waals surface area contributed by atoms with Gasteiger partial charge in [0, 0.05) is 6.61 Å². The average Bonchev–Trinajstić information content (AvgIpc) is 2.18. The minimum atomic E-state index is -1.60. The number of carboxylic acids is 1. The lowest BCUT2D eigenvalue weighted by atomic mass is 9.77. The predicted molar refractivity (Wildman–Crippen MR) is 55.4 cm³/mol. The number of aliphatic carboxylic acids is 1. The van der Waals surface area contributed by atoms with E-state index in [0.29, 0.717) is 12.3 Å². The fraction of sp³-hybridized carbons (Fsp3) is 0.909. The molecule has 0 spiro atoms. The first-order chi connectivity index (χ1) is 6.95. The molecule has 3 N–H and O–H groups in total. The van der Waals surface area contributed by atoms with Crippen molar-refractivity contribution in [3.63, 3.8) is 0 Å². The standard InChI is InChI=1S/C11H20O4/c1-11(15,10(13)14)6-8-2-4-9(7-12)5-3-8/h8-9,12,15H,2-7H2,1H3,(H,13,14). The molecule has 0 amide bonds. The quantitative estimate of drug-likeness (QED) is 0.655. The highest BCUT2D eigenvalue weighted by Crippen LogP contribution is 2.33. The summed E-state index contributed by atoms with van der Waals surface area (Å²) in [6, 6.07) is 0. The lowest BCUT2D eigenvalue weighted by molar-refractivity contribution is -0.158. The Morgan fingerprint density at radius 2 is 1.73 bits per heavy atom. The summed E-state index contributed by atoms with van der Waals surface area (Å²) in [4.78, 5) is 10.7. The molecule has 0 aromatic carbocycles. The molecular weight excluding hydrogens is 196 g/mol. The Balaban J connectivity index is 2.38. The Morgan fingerprint density at radius 1 is 1.27 bits per heavy atom. The first-order valence-electron chi connectivity index (χ1n) is 5.52. The molecule has 1 atom stereocenters. The maximum absolute atomic E-state index is 10.7. The molecule has 1 aliphatic rings. The molecular formula is C11H20O4. The van der Waals surface area contributed by atoms with E-state index < -0.39 is 11.6 Å². The van der Waals surface area contributed by atoms with Crippen molar-refractivity contribution >= 4 is 5.97 Å². The topological polar surface area (TPSA) is 77.8 Å². The van der Waals surface area contributed by atoms with Crippen molar-refractivity contribution in [1.29, 1.82) is 0 Å². The summed E-state index contributed by atoms with van der Waals surface area (Å²) in [6.07, 6.45) is 4.03. The van der Waals surface area contributed by atoms with Gasteiger partial charge in [0.1, 0.15) is 0 Å². The van der Waals surface area contributed by atoms with Gasteiger partial charge in [-0.2, -0.15) is 0 Å². The Kier molecular flexibility index (Phi) is 4.11. The van der Waals surface area contributed by atoms with Gasteiger partial charge in [-0.1, -0.05) is 0 Å². The molecule has 0 aliphatic heterocycles. The predicted octanol–water partition coefficient (Wildman–Crippen LogP) is 1.01. The first-order valence-corrected chi connectivity index (χ1v) is 5.52. The summed E-state index contributed by atoms with van der Waals surface area (Å²) in [6.45, 7) is 1.58. The van der Waals surface area contributed by atoms with Crippen molar-refractivity contribution < 1.29 is 20.1 Å². The van der Waals surface area contributed by atoms with Crippen LogP contribution in [-0.4, -0.2) is 33.5 Å². The van der Waals surface area contributed by atoms with Gasteiger partial charge in [-0.3, -0.25) is 0 Å². The third kappa shape index (κ3) is 3.47. The smallest absolute Gasteiger partial charge is 0.335 e. The molecule has 0 aromatic rings. The van der Waals surface area contributed by atoms with Gasteiger partial charge < -0.3 is 15.3 Å². The molecule has 0 saturated heterocycles. The summed E-state index contributed by atoms with van der Waals surface area (Å²) < 4.78 is 0. The summed E-state index contributed by atoms with van der Waals surface area (Å²) in [5.74, 6) is -0.498. The number of hydrogen-bond donors (Lipinski definition) is 3. The number of hydrogen-bond acceptors (Lipinski definition) is 3. The molecule has 4 nitrogen and oxygen atoms in total. The number of aliphatic hydroxyl groups excluding tert-OH is 1. The second-order valence-corrected chi connectivity index (χ2v) is 4.85. The van der Waals surface area contributed by atoms with Crippen LogP contribution in [-0.2, 0) is 4.79 Å². The van der Waals surface area contributed by atoms with Crippen LogP contribution in [0.2, 0.25) is 0 Å². The summed E-state index contributed by atoms with van der Waals surface area (Å²) in [7, 11) is 0. The van der Waals surface area contributed by atoms with Crippen LogP contribution >= 0.6 is 0 Å². The fourth-order valence-electron chi connectivity index (χ4n) is 2.27. The molecule has 0 aromatic heterocycles. The molecule has 1 saturated carbocycles. The van der Waals surface area contributed by atoms with Gasteiger partial charge in [0.2, 0.25) is 0 Å². The lowest BCUT2D eigenvalue weighted by Gasteiger charge is -2.30. The third-order valence-electron chi connectivity index (χ3n) is 3.37. The van der Waals surface area contributed by atoms with E-state index in [0.717, 1.165) is 25.7 Å². The minimum absolute atomic E-state index is 0.224. The van der Waals surface area contributed by atoms with Crippen molar-refractivity contribution in [2.45, 2.75) is 44.6 Å². The zero-order valence-electron chi connectivity index (χ0n) is 9.15. The number of carboxylic acid groups (broad SMARTS) is 1. The molecule has 88 valence electrons. The summed E-state index contributed by atoms with van der Waals surface area (Å²) in [5.41, 5.74) is -1.60. The molecule has 1 rings (SSSR count). The summed E-state index contributed by atoms with van der Waals surface area (Å²) >= 11 is 0. The van der Waals surface area contributed by atoms with Crippen LogP contribution in [0.3, 0.4) is 0 Å². The van der Waals surface area contributed by atoms with E-state index in [1.54, 1.807) is 0 Å². The Hall–Kier alpha value is -0.610. The van der Waals surface area contributed by atoms with Gasteiger partial charge in [-0.05, 0) is 50.9 Å². The normalized spacial score (nSPS) is 30.9. The van der Waals surface area contributed by atoms with E-state index in [9.17, 15) is 9.90 Å². The van der Waals surface area contributed by atoms with E-state index in [2.05, 4.69) is 0 Å². The molecule has 1 fully saturated rings. The molecule has 0 bridgehead atoms. The minimum Gasteiger partial charge on any atom is -0.479 e. The zero-order valence-corrected chi connectivity index (χ0v) is 9.15. The van der Waals surface area contributed by atoms with E-state index in [1.807, 2.05) is 0 Å². The second-order valence-electron chi connectivity index (χ2n) is 4.85. The molecule has 4 heteroatoms. The van der Waals surface area contributed by atoms with E-state index in [1.165, 1.54) is 6.92 Å². The highest BCUT2D eigenvalue weighted by Gasteiger charge is 2.34. The van der Waals surface area contributed by atoms with Crippen LogP contribution in [0.4, 0.5) is 0 Å². The van der Waals surface area contributed by atoms with Gasteiger partial charge in [-0.25, -0.2) is 4.79 Å². The number of carbonyl (C=O) groups is 1. The summed E-state index contributed by atoms with van der Waals surface area (Å²) in [5, 5.41) is 27.4. The van der Waals surface area contributed by atoms with Crippen molar-refractivity contribution in [2.75, 3.05) is 6.61 Å². The maximum atomic E-state index is 10.7. The molecule has 15 heavy (non-hydrogen) atoms. The number of rotatable bonds is 4. The SMILES string of the molecule is CC(O)(CC1CCC(CO)CC1)C(=O)O. The van der Waals surface area contributed by atoms with Gasteiger partial charge >= 0.3 is 5.97 Å². The third-order valence-corrected chi connectivity index (χ3v) is 3.37. The Labute approximate surface area is 89.9 Å². The van der Waals surface area contributed by atoms with E-state index in [-0.39, 0.29) is 12.5 Å². The first kappa shape index (κ1) is 12.5. The van der Waals surface area contributed by atoms with Crippen molar-refractivity contribution in [2.24, 2.45) is 11.8 Å². The van der Waals surface area contributed by atoms with Gasteiger partial charge in [0.05, 0.1) is 0 Å². The van der Waals surface area contributed by atoms with Crippen LogP contribution < -0.4 is 0 Å². The molecule has 0 radical (unpaired) electrons. The largest absolute Gasteiger partial charge is 0.479 e. The van der Waals surface area contributed by atoms with Gasteiger partial charge in [0.15, 0.2) is 5.60 Å². The highest BCUT2D eigenvalue weighted by atomic mass is 16.4. The molecule has 0 heterocycles. The van der Waals surface area contributed by atoms with Crippen molar-refractivity contribution in [3.05, 3.63) is 0 Å². The van der Waals surface area contributed by atoms with Crippen LogP contribution in [0.1, 0.15) is 39.0 Å². The van der Waals surface area contributed by atoms with Gasteiger partial charge in [-0.15, -0.1) is 0 Å². The Morgan fingerprint density at radius 3 is 2.13 bits per heavy atom. The van der Waals surface area contributed by atoms with E-state index >= 15 is 0 Å². The van der Waals surface area contributed by atoms with Crippen LogP contribution in [0.15, 0.2) is 0 Å². The van der Waals surface area contributed by atoms with Gasteiger partial charge in [0.25, 0.3) is 0 Å². The second kappa shape index (κ2) is 4.94. The molecule has 1 aliphatic carbocycles. The highest BCUT2D eigenvalue weighted by molar-refractivity contribution is 5.76. The fourth-order valence-corrected chi connectivity index (χ4v) is 2.27. The van der Waals surface area contributed by atoms with E-state index in [4.69, 9.17) is 10.2 Å². The van der Waals surface area contributed by atoms with Crippen molar-refractivity contribution in [1.82, 2.24) is 0 Å². The average molecular weight is 216 g/mol. The zero-order chi connectivity index (χ0) is 11.5. The van der Waals surface area contributed by atoms with Crippen LogP contribution in [0.5, 0.6) is 0 Å². The Bertz CT molecular complexity index is 217. The number of aliphatic hydroxyl groups is 2. The van der Waals surface area contributed by atoms with Crippen LogP contribution in [0.25, 0.3) is 0 Å². The maximum Gasteiger partial charge on any atom is 0.335 e.